The van der Waals surface area contributed by atoms with E-state index in [1.165, 1.54) is 6.07 Å². The predicted octanol–water partition coefficient (Wildman–Crippen LogP) is 2.58. The van der Waals surface area contributed by atoms with Gasteiger partial charge in [-0.15, -0.1) is 0 Å². The molecular weight excluding hydrogens is 330 g/mol. The fourth-order valence-corrected chi connectivity index (χ4v) is 2.50. The molecule has 0 radical (unpaired) electrons. The average molecular weight is 344 g/mol. The number of nitrogens with one attached hydrogen (secondary N) is 2. The Bertz CT molecular complexity index is 544. The summed E-state index contributed by atoms with van der Waals surface area (Å²) in [5.74, 6) is 0. The van der Waals surface area contributed by atoms with E-state index in [9.17, 15) is 14.9 Å². The maximum absolute atomic E-state index is 11.8. The summed E-state index contributed by atoms with van der Waals surface area (Å²) < 4.78 is 5.75. The van der Waals surface area contributed by atoms with Gasteiger partial charge in [-0.1, -0.05) is 0 Å². The maximum atomic E-state index is 11.8. The van der Waals surface area contributed by atoms with Gasteiger partial charge in [0.2, 0.25) is 0 Å². The summed E-state index contributed by atoms with van der Waals surface area (Å²) in [5, 5.41) is 16.2. The van der Waals surface area contributed by atoms with Crippen LogP contribution in [0.1, 0.15) is 12.0 Å². The molecule has 0 saturated carbocycles. The molecule has 1 unspecified atom stereocenters. The number of ether oxygens (including phenoxy) is 1. The number of urea groups is 1. The fourth-order valence-electron chi connectivity index (χ4n) is 1.95. The van der Waals surface area contributed by atoms with Crippen molar-refractivity contribution in [3.63, 3.8) is 0 Å². The van der Waals surface area contributed by atoms with E-state index < -0.39 is 11.0 Å². The molecule has 1 heterocycles. The summed E-state index contributed by atoms with van der Waals surface area (Å²) in [4.78, 5) is 22.2. The highest BCUT2D eigenvalue weighted by atomic mass is 79.9. The minimum absolute atomic E-state index is 0.0193. The van der Waals surface area contributed by atoms with Gasteiger partial charge in [-0.25, -0.2) is 4.79 Å². The zero-order valence-electron chi connectivity index (χ0n) is 10.8. The number of nitro groups is 1. The number of carbonyl (C=O) groups excluding carboxylic acids is 1. The van der Waals surface area contributed by atoms with Gasteiger partial charge in [0.05, 0.1) is 23.3 Å². The van der Waals surface area contributed by atoms with Crippen LogP contribution >= 0.6 is 15.9 Å². The Hall–Kier alpha value is -1.67. The molecule has 8 heteroatoms. The monoisotopic (exact) mass is 343 g/mol. The van der Waals surface area contributed by atoms with Crippen LogP contribution in [0.5, 0.6) is 0 Å². The van der Waals surface area contributed by atoms with E-state index in [1.54, 1.807) is 13.0 Å². The number of amides is 2. The van der Waals surface area contributed by atoms with Crippen molar-refractivity contribution in [1.29, 1.82) is 0 Å². The van der Waals surface area contributed by atoms with Crippen molar-refractivity contribution in [2.45, 2.75) is 19.4 Å². The van der Waals surface area contributed by atoms with Gasteiger partial charge in [0.1, 0.15) is 0 Å². The number of halogens is 1. The Labute approximate surface area is 124 Å². The van der Waals surface area contributed by atoms with Crippen molar-refractivity contribution < 1.29 is 14.5 Å². The number of nitrogens with zero attached hydrogens (tertiary/aromatic N) is 1. The maximum Gasteiger partial charge on any atom is 0.319 e. The fraction of sp³-hybridized carbons (Fsp3) is 0.417. The van der Waals surface area contributed by atoms with Gasteiger partial charge in [-0.05, 0) is 35.3 Å². The van der Waals surface area contributed by atoms with Crippen molar-refractivity contribution in [2.75, 3.05) is 18.5 Å². The molecule has 1 aliphatic rings. The summed E-state index contributed by atoms with van der Waals surface area (Å²) in [6, 6.07) is 2.52. The van der Waals surface area contributed by atoms with Crippen molar-refractivity contribution >= 4 is 33.3 Å². The molecule has 2 rings (SSSR count). The summed E-state index contributed by atoms with van der Waals surface area (Å²) in [6.07, 6.45) is 0.767. The van der Waals surface area contributed by atoms with Crippen LogP contribution in [0.3, 0.4) is 0 Å². The van der Waals surface area contributed by atoms with Crippen LogP contribution < -0.4 is 10.6 Å². The lowest BCUT2D eigenvalue weighted by atomic mass is 10.2. The van der Waals surface area contributed by atoms with Crippen LogP contribution in [0.15, 0.2) is 16.6 Å². The zero-order valence-corrected chi connectivity index (χ0v) is 12.4. The first kappa shape index (κ1) is 14.7. The largest absolute Gasteiger partial charge is 0.379 e. The van der Waals surface area contributed by atoms with Crippen LogP contribution in [0.25, 0.3) is 0 Å². The summed E-state index contributed by atoms with van der Waals surface area (Å²) >= 11 is 3.28. The second-order valence-electron chi connectivity index (χ2n) is 4.53. The van der Waals surface area contributed by atoms with Crippen LogP contribution in [0, 0.1) is 17.0 Å². The van der Waals surface area contributed by atoms with Crippen LogP contribution in [-0.2, 0) is 4.74 Å². The molecule has 1 atom stereocenters. The van der Waals surface area contributed by atoms with E-state index in [0.29, 0.717) is 28.9 Å². The number of rotatable bonds is 3. The Morgan fingerprint density at radius 1 is 1.55 bits per heavy atom. The van der Waals surface area contributed by atoms with E-state index in [0.717, 1.165) is 6.42 Å². The van der Waals surface area contributed by atoms with Gasteiger partial charge in [-0.2, -0.15) is 0 Å². The van der Waals surface area contributed by atoms with Crippen molar-refractivity contribution in [3.8, 4) is 0 Å². The second kappa shape index (κ2) is 6.19. The Morgan fingerprint density at radius 2 is 2.30 bits per heavy atom. The minimum atomic E-state index is -0.477. The van der Waals surface area contributed by atoms with E-state index in [1.807, 2.05) is 0 Å². The molecule has 1 aromatic carbocycles. The Kier molecular flexibility index (Phi) is 4.56. The molecule has 1 saturated heterocycles. The molecule has 0 bridgehead atoms. The highest BCUT2D eigenvalue weighted by Crippen LogP contribution is 2.30. The summed E-state index contributed by atoms with van der Waals surface area (Å²) in [6.45, 7) is 2.76. The molecule has 0 spiro atoms. The number of aryl methyl sites for hydroxylation is 1. The van der Waals surface area contributed by atoms with Gasteiger partial charge in [0.25, 0.3) is 5.69 Å². The number of anilines is 1. The van der Waals surface area contributed by atoms with Crippen LogP contribution in [0.4, 0.5) is 16.2 Å². The highest BCUT2D eigenvalue weighted by molar-refractivity contribution is 9.10. The number of hydrogen-bond acceptors (Lipinski definition) is 4. The number of carbonyl (C=O) groups is 1. The molecule has 1 fully saturated rings. The third-order valence-electron chi connectivity index (χ3n) is 3.00. The molecule has 2 N–H and O–H groups in total. The smallest absolute Gasteiger partial charge is 0.319 e. The third kappa shape index (κ3) is 3.45. The molecule has 1 aromatic rings. The van der Waals surface area contributed by atoms with Gasteiger partial charge in [0, 0.05) is 22.7 Å². The SMILES string of the molecule is Cc1cc(Br)c(NC(=O)NC2CCOC2)cc1[N+](=O)[O-]. The molecule has 20 heavy (non-hydrogen) atoms. The van der Waals surface area contributed by atoms with Gasteiger partial charge >= 0.3 is 6.03 Å². The number of hydrogen-bond donors (Lipinski definition) is 2. The normalized spacial score (nSPS) is 17.8. The lowest BCUT2D eigenvalue weighted by Crippen LogP contribution is -2.38. The number of nitro benzene ring substituents is 1. The standard InChI is InChI=1S/C12H14BrN3O4/c1-7-4-9(13)10(5-11(7)16(18)19)15-12(17)14-8-2-3-20-6-8/h4-5,8H,2-3,6H2,1H3,(H2,14,15,17). The average Bonchev–Trinajstić information content (AvgIpc) is 2.84. The van der Waals surface area contributed by atoms with E-state index in [2.05, 4.69) is 26.6 Å². The molecular formula is C12H14BrN3O4. The zero-order chi connectivity index (χ0) is 14.7. The van der Waals surface area contributed by atoms with Crippen LogP contribution in [0.2, 0.25) is 0 Å². The van der Waals surface area contributed by atoms with E-state index >= 15 is 0 Å². The lowest BCUT2D eigenvalue weighted by Gasteiger charge is -2.13. The first-order valence-electron chi connectivity index (χ1n) is 6.07. The van der Waals surface area contributed by atoms with Crippen molar-refractivity contribution in [3.05, 3.63) is 32.3 Å². The Balaban J connectivity index is 2.09. The molecule has 2 amide bonds. The molecule has 0 aliphatic carbocycles. The summed E-state index contributed by atoms with van der Waals surface area (Å²) in [7, 11) is 0. The quantitative estimate of drug-likeness (QED) is 0.651. The highest BCUT2D eigenvalue weighted by Gasteiger charge is 2.19. The minimum Gasteiger partial charge on any atom is -0.379 e. The van der Waals surface area contributed by atoms with Crippen molar-refractivity contribution in [2.24, 2.45) is 0 Å². The number of benzene rings is 1. The van der Waals surface area contributed by atoms with E-state index in [-0.39, 0.29) is 11.7 Å². The third-order valence-corrected chi connectivity index (χ3v) is 3.65. The van der Waals surface area contributed by atoms with E-state index in [4.69, 9.17) is 4.74 Å². The van der Waals surface area contributed by atoms with Gasteiger partial charge in [0.15, 0.2) is 0 Å². The Morgan fingerprint density at radius 3 is 2.90 bits per heavy atom. The molecule has 1 aliphatic heterocycles. The molecule has 0 aromatic heterocycles. The topological polar surface area (TPSA) is 93.5 Å². The second-order valence-corrected chi connectivity index (χ2v) is 5.39. The van der Waals surface area contributed by atoms with Gasteiger partial charge in [-0.3, -0.25) is 10.1 Å². The molecule has 7 nitrogen and oxygen atoms in total. The van der Waals surface area contributed by atoms with Crippen LogP contribution in [-0.4, -0.2) is 30.2 Å². The summed E-state index contributed by atoms with van der Waals surface area (Å²) in [5.41, 5.74) is 0.850. The predicted molar refractivity (Wildman–Crippen MR) is 76.9 cm³/mol. The van der Waals surface area contributed by atoms with Gasteiger partial charge < -0.3 is 15.4 Å². The van der Waals surface area contributed by atoms with Crippen molar-refractivity contribution in [1.82, 2.24) is 5.32 Å². The molecule has 108 valence electrons. The lowest BCUT2D eigenvalue weighted by molar-refractivity contribution is -0.385. The first-order valence-corrected chi connectivity index (χ1v) is 6.86. The first-order chi connectivity index (χ1) is 9.47.